The van der Waals surface area contributed by atoms with Crippen molar-refractivity contribution in [1.82, 2.24) is 10.2 Å². The maximum absolute atomic E-state index is 4.10. The predicted octanol–water partition coefficient (Wildman–Crippen LogP) is 4.46. The van der Waals surface area contributed by atoms with Crippen LogP contribution in [0, 0.1) is 0 Å². The Labute approximate surface area is 127 Å². The first-order valence-corrected chi connectivity index (χ1v) is 6.59. The molecule has 2 heteroatoms. The Kier molecular flexibility index (Phi) is 6.02. The Bertz CT molecular complexity index is 591. The molecule has 2 nitrogen and oxygen atoms in total. The first-order chi connectivity index (χ1) is 10.0. The fourth-order valence-corrected chi connectivity index (χ4v) is 1.74. The molecule has 0 atom stereocenters. The molecule has 108 valence electrons. The average molecular weight is 278 g/mol. The summed E-state index contributed by atoms with van der Waals surface area (Å²) < 4.78 is 0. The second kappa shape index (κ2) is 7.75. The molecular formula is C19H22N2. The molecule has 21 heavy (non-hydrogen) atoms. The van der Waals surface area contributed by atoms with Gasteiger partial charge in [0.2, 0.25) is 0 Å². The molecule has 1 N–H and O–H groups in total. The molecule has 1 aromatic carbocycles. The van der Waals surface area contributed by atoms with Crippen LogP contribution in [-0.2, 0) is 0 Å². The van der Waals surface area contributed by atoms with Crippen LogP contribution < -0.4 is 5.32 Å². The molecule has 1 aromatic rings. The van der Waals surface area contributed by atoms with Crippen molar-refractivity contribution in [3.63, 3.8) is 0 Å². The van der Waals surface area contributed by atoms with E-state index in [9.17, 15) is 0 Å². The molecule has 0 aliphatic heterocycles. The van der Waals surface area contributed by atoms with E-state index in [1.54, 1.807) is 12.2 Å². The molecule has 0 spiro atoms. The van der Waals surface area contributed by atoms with Crippen LogP contribution in [0.2, 0.25) is 0 Å². The summed E-state index contributed by atoms with van der Waals surface area (Å²) in [5, 5.41) is 3.15. The summed E-state index contributed by atoms with van der Waals surface area (Å²) in [4.78, 5) is 1.88. The van der Waals surface area contributed by atoms with Gasteiger partial charge in [-0.05, 0) is 11.1 Å². The van der Waals surface area contributed by atoms with Crippen molar-refractivity contribution in [2.24, 2.45) is 0 Å². The summed E-state index contributed by atoms with van der Waals surface area (Å²) >= 11 is 0. The van der Waals surface area contributed by atoms with Crippen molar-refractivity contribution >= 4 is 5.70 Å². The molecule has 0 aromatic heterocycles. The van der Waals surface area contributed by atoms with Crippen LogP contribution in [-0.4, -0.2) is 11.9 Å². The van der Waals surface area contributed by atoms with Gasteiger partial charge in [-0.1, -0.05) is 81.5 Å². The summed E-state index contributed by atoms with van der Waals surface area (Å²) in [6.07, 6.45) is 5.25. The van der Waals surface area contributed by atoms with Gasteiger partial charge in [0.05, 0.1) is 0 Å². The van der Waals surface area contributed by atoms with Gasteiger partial charge in [0, 0.05) is 18.4 Å². The van der Waals surface area contributed by atoms with E-state index in [1.165, 1.54) is 0 Å². The lowest BCUT2D eigenvalue weighted by Crippen LogP contribution is -2.26. The van der Waals surface area contributed by atoms with Crippen LogP contribution in [0.15, 0.2) is 98.5 Å². The van der Waals surface area contributed by atoms with E-state index in [0.717, 1.165) is 16.8 Å². The highest BCUT2D eigenvalue weighted by molar-refractivity contribution is 5.63. The fraction of sp³-hybridized carbons (Fsp3) is 0.0526. The minimum absolute atomic E-state index is 0.686. The lowest BCUT2D eigenvalue weighted by atomic mass is 10.1. The number of hydrogen-bond acceptors (Lipinski definition) is 2. The van der Waals surface area contributed by atoms with Crippen molar-refractivity contribution < 1.29 is 0 Å². The minimum Gasteiger partial charge on any atom is -0.342 e. The maximum Gasteiger partial charge on any atom is 0.103 e. The Balaban J connectivity index is 2.78. The molecule has 0 aliphatic carbocycles. The topological polar surface area (TPSA) is 15.3 Å². The first-order valence-electron chi connectivity index (χ1n) is 6.59. The van der Waals surface area contributed by atoms with Crippen molar-refractivity contribution in [2.75, 3.05) is 7.05 Å². The van der Waals surface area contributed by atoms with Gasteiger partial charge in [0.25, 0.3) is 0 Å². The number of nitrogens with one attached hydrogen (secondary N) is 1. The van der Waals surface area contributed by atoms with Gasteiger partial charge in [-0.2, -0.15) is 0 Å². The summed E-state index contributed by atoms with van der Waals surface area (Å²) in [5.41, 5.74) is 3.47. The largest absolute Gasteiger partial charge is 0.342 e. The molecule has 0 fully saturated rings. The lowest BCUT2D eigenvalue weighted by molar-refractivity contribution is 0.557. The second-order valence-electron chi connectivity index (χ2n) is 4.48. The van der Waals surface area contributed by atoms with E-state index in [-0.39, 0.29) is 0 Å². The van der Waals surface area contributed by atoms with E-state index in [0.29, 0.717) is 11.5 Å². The Morgan fingerprint density at radius 1 is 1.10 bits per heavy atom. The zero-order valence-corrected chi connectivity index (χ0v) is 12.6. The second-order valence-corrected chi connectivity index (χ2v) is 4.48. The van der Waals surface area contributed by atoms with Gasteiger partial charge in [-0.15, -0.1) is 0 Å². The third kappa shape index (κ3) is 4.39. The van der Waals surface area contributed by atoms with Crippen LogP contribution >= 0.6 is 0 Å². The molecular weight excluding hydrogens is 256 g/mol. The standard InChI is InChI=1S/C19H22N2/c1-7-12-18(8-2)15(3)20-17(5)21(6)16(4)19-13-10-9-11-14-19/h7-14,20H,1-5H2,6H3/b18-12+. The monoisotopic (exact) mass is 278 g/mol. The van der Waals surface area contributed by atoms with Crippen LogP contribution in [0.5, 0.6) is 0 Å². The number of hydrogen-bond donors (Lipinski definition) is 1. The fourth-order valence-electron chi connectivity index (χ4n) is 1.74. The molecule has 1 rings (SSSR count). The van der Waals surface area contributed by atoms with E-state index >= 15 is 0 Å². The highest BCUT2D eigenvalue weighted by Crippen LogP contribution is 2.19. The van der Waals surface area contributed by atoms with Crippen molar-refractivity contribution in [3.8, 4) is 0 Å². The molecule has 0 aliphatic rings. The maximum atomic E-state index is 4.10. The molecule has 0 saturated carbocycles. The normalized spacial score (nSPS) is 10.4. The van der Waals surface area contributed by atoms with E-state index in [1.807, 2.05) is 48.4 Å². The summed E-state index contributed by atoms with van der Waals surface area (Å²) in [5.74, 6) is 0.686. The number of rotatable bonds is 8. The third-order valence-corrected chi connectivity index (χ3v) is 3.08. The molecule has 0 unspecified atom stereocenters. The minimum atomic E-state index is 0.686. The molecule has 0 amide bonds. The predicted molar refractivity (Wildman–Crippen MR) is 93.1 cm³/mol. The highest BCUT2D eigenvalue weighted by Gasteiger charge is 2.09. The summed E-state index contributed by atoms with van der Waals surface area (Å²) in [6.45, 7) is 19.5. The smallest absolute Gasteiger partial charge is 0.103 e. The highest BCUT2D eigenvalue weighted by atomic mass is 15.2. The van der Waals surface area contributed by atoms with Crippen molar-refractivity contribution in [3.05, 3.63) is 104 Å². The van der Waals surface area contributed by atoms with E-state index < -0.39 is 0 Å². The summed E-state index contributed by atoms with van der Waals surface area (Å²) in [7, 11) is 1.91. The molecule has 0 heterocycles. The van der Waals surface area contributed by atoms with Crippen molar-refractivity contribution in [2.45, 2.75) is 0 Å². The number of allylic oxidation sites excluding steroid dienone is 3. The van der Waals surface area contributed by atoms with E-state index in [4.69, 9.17) is 0 Å². The van der Waals surface area contributed by atoms with Crippen LogP contribution in [0.25, 0.3) is 5.70 Å². The van der Waals surface area contributed by atoms with Gasteiger partial charge < -0.3 is 10.2 Å². The van der Waals surface area contributed by atoms with Crippen LogP contribution in [0.1, 0.15) is 5.56 Å². The van der Waals surface area contributed by atoms with Gasteiger partial charge >= 0.3 is 0 Å². The molecule has 0 radical (unpaired) electrons. The summed E-state index contributed by atoms with van der Waals surface area (Å²) in [6, 6.07) is 9.95. The van der Waals surface area contributed by atoms with Gasteiger partial charge in [0.1, 0.15) is 5.82 Å². The Morgan fingerprint density at radius 2 is 1.71 bits per heavy atom. The first kappa shape index (κ1) is 16.3. The van der Waals surface area contributed by atoms with Crippen molar-refractivity contribution in [1.29, 1.82) is 0 Å². The zero-order valence-electron chi connectivity index (χ0n) is 12.6. The zero-order chi connectivity index (χ0) is 15.8. The van der Waals surface area contributed by atoms with E-state index in [2.05, 4.69) is 38.2 Å². The number of benzene rings is 1. The third-order valence-electron chi connectivity index (χ3n) is 3.08. The Hall–Kier alpha value is -2.74. The quantitative estimate of drug-likeness (QED) is 0.706. The molecule has 0 saturated heterocycles. The van der Waals surface area contributed by atoms with Crippen LogP contribution in [0.4, 0.5) is 0 Å². The molecule has 0 bridgehead atoms. The number of nitrogens with zero attached hydrogens (tertiary/aromatic N) is 1. The average Bonchev–Trinajstić information content (AvgIpc) is 2.51. The van der Waals surface area contributed by atoms with Gasteiger partial charge in [0.15, 0.2) is 0 Å². The Morgan fingerprint density at radius 3 is 2.24 bits per heavy atom. The SMILES string of the molecule is C=C/C=C(\C=C)C(=C)NC(=C)N(C)C(=C)c1ccccc1. The lowest BCUT2D eigenvalue weighted by Gasteiger charge is -2.26. The van der Waals surface area contributed by atoms with Gasteiger partial charge in [-0.25, -0.2) is 0 Å². The van der Waals surface area contributed by atoms with Crippen LogP contribution in [0.3, 0.4) is 0 Å². The van der Waals surface area contributed by atoms with Gasteiger partial charge in [-0.3, -0.25) is 0 Å².